The predicted octanol–water partition coefficient (Wildman–Crippen LogP) is 3.02. The smallest absolute Gasteiger partial charge is 0.257 e. The number of piperazine rings is 1. The van der Waals surface area contributed by atoms with Gasteiger partial charge in [-0.2, -0.15) is 4.98 Å². The monoisotopic (exact) mass is 378 g/mol. The summed E-state index contributed by atoms with van der Waals surface area (Å²) in [5, 5.41) is 3.79. The molecule has 0 N–H and O–H groups in total. The highest BCUT2D eigenvalue weighted by Crippen LogP contribution is 2.28. The third kappa shape index (κ3) is 3.55. The molecule has 0 bridgehead atoms. The summed E-state index contributed by atoms with van der Waals surface area (Å²) >= 11 is 0. The van der Waals surface area contributed by atoms with E-state index in [1.807, 2.05) is 53.4 Å². The lowest BCUT2D eigenvalue weighted by Gasteiger charge is -2.36. The predicted molar refractivity (Wildman–Crippen MR) is 106 cm³/mol. The zero-order chi connectivity index (χ0) is 19.5. The number of carbonyl (C=O) groups is 1. The molecule has 28 heavy (non-hydrogen) atoms. The van der Waals surface area contributed by atoms with E-state index < -0.39 is 0 Å². The first-order valence-corrected chi connectivity index (χ1v) is 9.23. The number of hydrogen-bond donors (Lipinski definition) is 0. The zero-order valence-corrected chi connectivity index (χ0v) is 16.0. The summed E-state index contributed by atoms with van der Waals surface area (Å²) in [7, 11) is 1.68. The van der Waals surface area contributed by atoms with Gasteiger partial charge in [0.05, 0.1) is 12.8 Å². The summed E-state index contributed by atoms with van der Waals surface area (Å²) in [5.74, 6) is 1.94. The van der Waals surface area contributed by atoms with Gasteiger partial charge < -0.3 is 19.1 Å². The standard InChI is InChI=1S/C21H22N4O3/c1-15-22-20(28-23-15)16-7-9-17(10-8-16)21(26)25-13-11-24(12-14-25)18-5-3-4-6-19(18)27-2/h3-10H,11-14H2,1-2H3. The summed E-state index contributed by atoms with van der Waals surface area (Å²) in [6.07, 6.45) is 0. The van der Waals surface area contributed by atoms with Gasteiger partial charge in [0.25, 0.3) is 11.8 Å². The summed E-state index contributed by atoms with van der Waals surface area (Å²) in [5.41, 5.74) is 2.53. The molecular weight excluding hydrogens is 356 g/mol. The minimum absolute atomic E-state index is 0.0351. The van der Waals surface area contributed by atoms with Crippen LogP contribution in [0.1, 0.15) is 16.2 Å². The van der Waals surface area contributed by atoms with E-state index >= 15 is 0 Å². The third-order valence-electron chi connectivity index (χ3n) is 4.90. The number of para-hydroxylation sites is 2. The van der Waals surface area contributed by atoms with Crippen molar-refractivity contribution in [3.8, 4) is 17.2 Å². The number of carbonyl (C=O) groups excluding carboxylic acids is 1. The van der Waals surface area contributed by atoms with Crippen LogP contribution in [-0.2, 0) is 0 Å². The van der Waals surface area contributed by atoms with Crippen LogP contribution in [-0.4, -0.2) is 54.2 Å². The SMILES string of the molecule is COc1ccccc1N1CCN(C(=O)c2ccc(-c3nc(C)no3)cc2)CC1. The van der Waals surface area contributed by atoms with E-state index in [4.69, 9.17) is 9.26 Å². The fourth-order valence-corrected chi connectivity index (χ4v) is 3.39. The molecule has 144 valence electrons. The van der Waals surface area contributed by atoms with Crippen LogP contribution >= 0.6 is 0 Å². The normalized spacial score (nSPS) is 14.2. The highest BCUT2D eigenvalue weighted by atomic mass is 16.5. The summed E-state index contributed by atoms with van der Waals surface area (Å²) in [4.78, 5) is 21.2. The van der Waals surface area contributed by atoms with Crippen molar-refractivity contribution in [1.29, 1.82) is 0 Å². The summed E-state index contributed by atoms with van der Waals surface area (Å²) in [6.45, 7) is 4.65. The lowest BCUT2D eigenvalue weighted by Crippen LogP contribution is -2.48. The molecule has 7 nitrogen and oxygen atoms in total. The Morgan fingerprint density at radius 3 is 2.39 bits per heavy atom. The second-order valence-electron chi connectivity index (χ2n) is 6.68. The Morgan fingerprint density at radius 2 is 1.75 bits per heavy atom. The minimum Gasteiger partial charge on any atom is -0.495 e. The topological polar surface area (TPSA) is 71.7 Å². The van der Waals surface area contributed by atoms with Gasteiger partial charge in [-0.25, -0.2) is 0 Å². The molecular formula is C21H22N4O3. The molecule has 0 spiro atoms. The molecule has 0 radical (unpaired) electrons. The summed E-state index contributed by atoms with van der Waals surface area (Å²) in [6, 6.07) is 15.3. The van der Waals surface area contributed by atoms with Gasteiger partial charge in [0, 0.05) is 37.3 Å². The number of aromatic nitrogens is 2. The van der Waals surface area contributed by atoms with Crippen molar-refractivity contribution in [1.82, 2.24) is 15.0 Å². The highest BCUT2D eigenvalue weighted by molar-refractivity contribution is 5.94. The Labute approximate surface area is 163 Å². The van der Waals surface area contributed by atoms with Crippen LogP contribution in [0, 0.1) is 6.92 Å². The van der Waals surface area contributed by atoms with Crippen LogP contribution in [0.25, 0.3) is 11.5 Å². The Balaban J connectivity index is 1.41. The van der Waals surface area contributed by atoms with Gasteiger partial charge >= 0.3 is 0 Å². The fourth-order valence-electron chi connectivity index (χ4n) is 3.39. The van der Waals surface area contributed by atoms with Crippen LogP contribution in [0.2, 0.25) is 0 Å². The molecule has 3 aromatic rings. The molecule has 0 atom stereocenters. The van der Waals surface area contributed by atoms with E-state index in [1.54, 1.807) is 14.0 Å². The third-order valence-corrected chi connectivity index (χ3v) is 4.90. The molecule has 1 aromatic heterocycles. The number of ether oxygens (including phenoxy) is 1. The van der Waals surface area contributed by atoms with Crippen molar-refractivity contribution in [3.05, 3.63) is 59.9 Å². The Hall–Kier alpha value is -3.35. The Kier molecular flexibility index (Phi) is 4.97. The first kappa shape index (κ1) is 18.0. The van der Waals surface area contributed by atoms with Crippen molar-refractivity contribution in [2.75, 3.05) is 38.2 Å². The van der Waals surface area contributed by atoms with Crippen LogP contribution in [0.4, 0.5) is 5.69 Å². The van der Waals surface area contributed by atoms with Crippen molar-refractivity contribution < 1.29 is 14.1 Å². The van der Waals surface area contributed by atoms with E-state index in [0.29, 0.717) is 30.4 Å². The molecule has 4 rings (SSSR count). The maximum atomic E-state index is 12.8. The number of rotatable bonds is 4. The zero-order valence-electron chi connectivity index (χ0n) is 16.0. The second kappa shape index (κ2) is 7.72. The maximum Gasteiger partial charge on any atom is 0.257 e. The average molecular weight is 378 g/mol. The van der Waals surface area contributed by atoms with E-state index in [1.165, 1.54) is 0 Å². The molecule has 1 aliphatic heterocycles. The number of aryl methyl sites for hydroxylation is 1. The molecule has 0 unspecified atom stereocenters. The second-order valence-corrected chi connectivity index (χ2v) is 6.68. The van der Waals surface area contributed by atoms with Crippen molar-refractivity contribution in [2.45, 2.75) is 6.92 Å². The molecule has 1 amide bonds. The number of nitrogens with zero attached hydrogens (tertiary/aromatic N) is 4. The lowest BCUT2D eigenvalue weighted by atomic mass is 10.1. The van der Waals surface area contributed by atoms with Gasteiger partial charge in [0.15, 0.2) is 5.82 Å². The quantitative estimate of drug-likeness (QED) is 0.695. The molecule has 2 heterocycles. The van der Waals surface area contributed by atoms with Gasteiger partial charge in [-0.3, -0.25) is 4.79 Å². The van der Waals surface area contributed by atoms with Crippen LogP contribution in [0.15, 0.2) is 53.1 Å². The molecule has 0 aliphatic carbocycles. The Bertz CT molecular complexity index is 960. The molecule has 2 aromatic carbocycles. The van der Waals surface area contributed by atoms with Gasteiger partial charge in [0.1, 0.15) is 5.75 Å². The number of hydrogen-bond acceptors (Lipinski definition) is 6. The molecule has 7 heteroatoms. The van der Waals surface area contributed by atoms with Crippen molar-refractivity contribution in [2.24, 2.45) is 0 Å². The molecule has 1 fully saturated rings. The first-order valence-electron chi connectivity index (χ1n) is 9.23. The minimum atomic E-state index is 0.0351. The summed E-state index contributed by atoms with van der Waals surface area (Å²) < 4.78 is 10.6. The molecule has 1 aliphatic rings. The van der Waals surface area contributed by atoms with Crippen LogP contribution < -0.4 is 9.64 Å². The molecule has 1 saturated heterocycles. The van der Waals surface area contributed by atoms with Gasteiger partial charge in [0.2, 0.25) is 0 Å². The Morgan fingerprint density at radius 1 is 1.04 bits per heavy atom. The van der Waals surface area contributed by atoms with E-state index in [0.717, 1.165) is 30.1 Å². The average Bonchev–Trinajstić information content (AvgIpc) is 3.20. The van der Waals surface area contributed by atoms with Crippen molar-refractivity contribution >= 4 is 11.6 Å². The van der Waals surface area contributed by atoms with E-state index in [-0.39, 0.29) is 5.91 Å². The highest BCUT2D eigenvalue weighted by Gasteiger charge is 2.23. The van der Waals surface area contributed by atoms with Gasteiger partial charge in [-0.1, -0.05) is 17.3 Å². The first-order chi connectivity index (χ1) is 13.7. The number of benzene rings is 2. The number of anilines is 1. The lowest BCUT2D eigenvalue weighted by molar-refractivity contribution is 0.0746. The van der Waals surface area contributed by atoms with Crippen LogP contribution in [0.3, 0.4) is 0 Å². The number of methoxy groups -OCH3 is 1. The van der Waals surface area contributed by atoms with Gasteiger partial charge in [-0.05, 0) is 43.3 Å². The fraction of sp³-hybridized carbons (Fsp3) is 0.286. The maximum absolute atomic E-state index is 12.8. The van der Waals surface area contributed by atoms with Crippen molar-refractivity contribution in [3.63, 3.8) is 0 Å². The van der Waals surface area contributed by atoms with Crippen LogP contribution in [0.5, 0.6) is 5.75 Å². The van der Waals surface area contributed by atoms with E-state index in [9.17, 15) is 4.79 Å². The molecule has 0 saturated carbocycles. The number of amides is 1. The van der Waals surface area contributed by atoms with Gasteiger partial charge in [-0.15, -0.1) is 0 Å². The van der Waals surface area contributed by atoms with E-state index in [2.05, 4.69) is 15.0 Å². The largest absolute Gasteiger partial charge is 0.495 e.